The summed E-state index contributed by atoms with van der Waals surface area (Å²) in [4.78, 5) is 4.24. The van der Waals surface area contributed by atoms with Gasteiger partial charge >= 0.3 is 0 Å². The zero-order valence-corrected chi connectivity index (χ0v) is 12.1. The van der Waals surface area contributed by atoms with Crippen LogP contribution in [-0.4, -0.2) is 30.8 Å². The quantitative estimate of drug-likeness (QED) is 0.582. The molecule has 3 N–H and O–H groups in total. The summed E-state index contributed by atoms with van der Waals surface area (Å²) in [6, 6.07) is 3.14. The lowest BCUT2D eigenvalue weighted by molar-refractivity contribution is 0.382. The highest BCUT2D eigenvalue weighted by atomic mass is 32.2. The molecule has 0 unspecified atom stereocenters. The van der Waals surface area contributed by atoms with Gasteiger partial charge in [-0.3, -0.25) is 0 Å². The molecule has 1 aromatic rings. The van der Waals surface area contributed by atoms with Crippen LogP contribution < -0.4 is 11.3 Å². The first-order valence-electron chi connectivity index (χ1n) is 7.02. The fourth-order valence-corrected chi connectivity index (χ4v) is 3.75. The number of nitrogens with one attached hydrogen (secondary N) is 1. The Morgan fingerprint density at radius 1 is 1.20 bits per heavy atom. The van der Waals surface area contributed by atoms with Crippen molar-refractivity contribution >= 4 is 15.8 Å². The molecule has 0 spiro atoms. The van der Waals surface area contributed by atoms with Crippen molar-refractivity contribution in [2.24, 2.45) is 17.7 Å². The minimum absolute atomic E-state index is 0.248. The summed E-state index contributed by atoms with van der Waals surface area (Å²) in [6.45, 7) is 1.30. The second-order valence-corrected chi connectivity index (χ2v) is 7.67. The maximum absolute atomic E-state index is 12.7. The Hall–Kier alpha value is -1.18. The maximum Gasteiger partial charge on any atom is 0.244 e. The normalized spacial score (nSPS) is 19.3. The Bertz CT molecular complexity index is 551. The number of anilines is 1. The van der Waals surface area contributed by atoms with Crippen LogP contribution in [0.1, 0.15) is 25.7 Å². The highest BCUT2D eigenvalue weighted by Crippen LogP contribution is 2.35. The molecule has 0 saturated heterocycles. The molecule has 2 saturated carbocycles. The molecule has 1 aromatic heterocycles. The zero-order valence-electron chi connectivity index (χ0n) is 11.3. The van der Waals surface area contributed by atoms with Gasteiger partial charge in [0.2, 0.25) is 10.0 Å². The Balaban J connectivity index is 1.81. The van der Waals surface area contributed by atoms with Gasteiger partial charge in [0.15, 0.2) is 0 Å². The number of aromatic nitrogens is 1. The average molecular weight is 296 g/mol. The number of rotatable bonds is 7. The molecule has 2 aliphatic carbocycles. The van der Waals surface area contributed by atoms with Crippen LogP contribution in [-0.2, 0) is 10.0 Å². The number of sulfonamides is 1. The lowest BCUT2D eigenvalue weighted by Gasteiger charge is -2.22. The van der Waals surface area contributed by atoms with Gasteiger partial charge in [0.05, 0.1) is 0 Å². The lowest BCUT2D eigenvalue weighted by Crippen LogP contribution is -2.34. The van der Waals surface area contributed by atoms with E-state index in [-0.39, 0.29) is 4.90 Å². The summed E-state index contributed by atoms with van der Waals surface area (Å²) in [6.07, 6.45) is 5.95. The fourth-order valence-electron chi connectivity index (χ4n) is 2.21. The van der Waals surface area contributed by atoms with Crippen LogP contribution in [0.15, 0.2) is 23.2 Å². The Morgan fingerprint density at radius 2 is 1.80 bits per heavy atom. The first-order valence-corrected chi connectivity index (χ1v) is 8.46. The van der Waals surface area contributed by atoms with Crippen molar-refractivity contribution in [1.29, 1.82) is 0 Å². The third-order valence-electron chi connectivity index (χ3n) is 3.84. The van der Waals surface area contributed by atoms with Crippen molar-refractivity contribution in [2.75, 3.05) is 18.5 Å². The molecule has 2 fully saturated rings. The van der Waals surface area contributed by atoms with Crippen LogP contribution in [0.4, 0.5) is 5.82 Å². The van der Waals surface area contributed by atoms with E-state index >= 15 is 0 Å². The van der Waals surface area contributed by atoms with Gasteiger partial charge in [-0.2, -0.15) is 4.31 Å². The van der Waals surface area contributed by atoms with Gasteiger partial charge in [-0.1, -0.05) is 0 Å². The zero-order chi connectivity index (χ0) is 14.2. The van der Waals surface area contributed by atoms with E-state index in [1.54, 1.807) is 16.4 Å². The van der Waals surface area contributed by atoms with Gasteiger partial charge in [-0.15, -0.1) is 0 Å². The highest BCUT2D eigenvalue weighted by molar-refractivity contribution is 7.89. The lowest BCUT2D eigenvalue weighted by atomic mass is 10.4. The van der Waals surface area contributed by atoms with E-state index in [0.29, 0.717) is 30.7 Å². The monoisotopic (exact) mass is 296 g/mol. The molecule has 2 aliphatic rings. The molecule has 110 valence electrons. The molecule has 3 rings (SSSR count). The summed E-state index contributed by atoms with van der Waals surface area (Å²) in [5, 5.41) is 0. The van der Waals surface area contributed by atoms with Crippen molar-refractivity contribution in [3.8, 4) is 0 Å². The summed E-state index contributed by atoms with van der Waals surface area (Å²) < 4.78 is 27.0. The van der Waals surface area contributed by atoms with Crippen molar-refractivity contribution in [3.63, 3.8) is 0 Å². The molecule has 20 heavy (non-hydrogen) atoms. The molecule has 7 heteroatoms. The molecule has 0 amide bonds. The highest BCUT2D eigenvalue weighted by Gasteiger charge is 2.35. The number of pyridine rings is 1. The molecular weight excluding hydrogens is 276 g/mol. The van der Waals surface area contributed by atoms with Crippen molar-refractivity contribution < 1.29 is 8.42 Å². The summed E-state index contributed by atoms with van der Waals surface area (Å²) in [7, 11) is -3.43. The molecule has 0 aliphatic heterocycles. The van der Waals surface area contributed by atoms with Gasteiger partial charge in [0.1, 0.15) is 10.7 Å². The molecular formula is C13H20N4O2S. The second kappa shape index (κ2) is 5.31. The van der Waals surface area contributed by atoms with Crippen molar-refractivity contribution in [2.45, 2.75) is 30.6 Å². The van der Waals surface area contributed by atoms with Crippen molar-refractivity contribution in [3.05, 3.63) is 18.3 Å². The summed E-state index contributed by atoms with van der Waals surface area (Å²) in [5.41, 5.74) is 2.40. The fraction of sp³-hybridized carbons (Fsp3) is 0.615. The van der Waals surface area contributed by atoms with Crippen LogP contribution >= 0.6 is 0 Å². The maximum atomic E-state index is 12.7. The van der Waals surface area contributed by atoms with Crippen LogP contribution in [0.5, 0.6) is 0 Å². The average Bonchev–Trinajstić information content (AvgIpc) is 3.33. The van der Waals surface area contributed by atoms with E-state index in [2.05, 4.69) is 10.4 Å². The third kappa shape index (κ3) is 3.11. The van der Waals surface area contributed by atoms with Gasteiger partial charge in [-0.05, 0) is 49.7 Å². The summed E-state index contributed by atoms with van der Waals surface area (Å²) in [5.74, 6) is 6.79. The predicted octanol–water partition coefficient (Wildman–Crippen LogP) is 1.18. The minimum atomic E-state index is -3.43. The van der Waals surface area contributed by atoms with Crippen LogP contribution in [0.3, 0.4) is 0 Å². The Kier molecular flexibility index (Phi) is 3.66. The first kappa shape index (κ1) is 13.8. The SMILES string of the molecule is NNc1ccc(S(=O)(=O)N(CC2CC2)CC2CC2)cn1. The van der Waals surface area contributed by atoms with Gasteiger partial charge in [-0.25, -0.2) is 19.2 Å². The molecule has 0 atom stereocenters. The number of hydrogen-bond donors (Lipinski definition) is 2. The molecule has 0 bridgehead atoms. The van der Waals surface area contributed by atoms with Crippen LogP contribution in [0, 0.1) is 11.8 Å². The van der Waals surface area contributed by atoms with Crippen LogP contribution in [0.2, 0.25) is 0 Å². The van der Waals surface area contributed by atoms with Crippen LogP contribution in [0.25, 0.3) is 0 Å². The molecule has 0 aromatic carbocycles. The summed E-state index contributed by atoms with van der Waals surface area (Å²) >= 11 is 0. The number of hydrogen-bond acceptors (Lipinski definition) is 5. The number of nitrogens with zero attached hydrogens (tertiary/aromatic N) is 2. The number of hydrazine groups is 1. The van der Waals surface area contributed by atoms with E-state index in [4.69, 9.17) is 5.84 Å². The standard InChI is InChI=1S/C13H20N4O2S/c14-16-13-6-5-12(7-15-13)20(18,19)17(8-10-1-2-10)9-11-3-4-11/h5-7,10-11H,1-4,8-9,14H2,(H,15,16). The van der Waals surface area contributed by atoms with E-state index < -0.39 is 10.0 Å². The van der Waals surface area contributed by atoms with Gasteiger partial charge in [0, 0.05) is 19.3 Å². The largest absolute Gasteiger partial charge is 0.308 e. The first-order chi connectivity index (χ1) is 9.59. The van der Waals surface area contributed by atoms with E-state index in [1.807, 2.05) is 0 Å². The Morgan fingerprint density at radius 3 is 2.20 bits per heavy atom. The second-order valence-electron chi connectivity index (χ2n) is 5.73. The smallest absolute Gasteiger partial charge is 0.244 e. The van der Waals surface area contributed by atoms with E-state index in [1.165, 1.54) is 6.20 Å². The molecule has 1 heterocycles. The third-order valence-corrected chi connectivity index (χ3v) is 5.65. The molecule has 0 radical (unpaired) electrons. The Labute approximate surface area is 119 Å². The van der Waals surface area contributed by atoms with Crippen molar-refractivity contribution in [1.82, 2.24) is 9.29 Å². The minimum Gasteiger partial charge on any atom is -0.308 e. The number of nitrogen functional groups attached to an aromatic ring is 1. The number of nitrogens with two attached hydrogens (primary N) is 1. The van der Waals surface area contributed by atoms with Gasteiger partial charge < -0.3 is 5.43 Å². The van der Waals surface area contributed by atoms with E-state index in [9.17, 15) is 8.42 Å². The van der Waals surface area contributed by atoms with E-state index in [0.717, 1.165) is 25.7 Å². The predicted molar refractivity (Wildman–Crippen MR) is 76.3 cm³/mol. The van der Waals surface area contributed by atoms with Gasteiger partial charge in [0.25, 0.3) is 0 Å². The molecule has 6 nitrogen and oxygen atoms in total. The topological polar surface area (TPSA) is 88.3 Å².